The molecule has 2 aromatic carbocycles. The van der Waals surface area contributed by atoms with Crippen LogP contribution in [0.2, 0.25) is 0 Å². The molecule has 0 spiro atoms. The molecular weight excluding hydrogens is 516 g/mol. The van der Waals surface area contributed by atoms with E-state index in [2.05, 4.69) is 10.3 Å². The number of ether oxygens (including phenoxy) is 4. The van der Waals surface area contributed by atoms with Crippen molar-refractivity contribution < 1.29 is 38.4 Å². The summed E-state index contributed by atoms with van der Waals surface area (Å²) in [6.07, 6.45) is -1.82. The van der Waals surface area contributed by atoms with Gasteiger partial charge in [0.1, 0.15) is 24.9 Å². The van der Waals surface area contributed by atoms with Crippen molar-refractivity contribution in [3.05, 3.63) is 71.8 Å². The van der Waals surface area contributed by atoms with Crippen LogP contribution in [0, 0.1) is 5.41 Å². The Morgan fingerprint density at radius 3 is 2.05 bits per heavy atom. The van der Waals surface area contributed by atoms with Gasteiger partial charge in [-0.1, -0.05) is 74.5 Å². The molecule has 1 unspecified atom stereocenters. The minimum Gasteiger partial charge on any atom is -0.481 e. The first-order valence-electron chi connectivity index (χ1n) is 13.0. The Balaban J connectivity index is 2.31. The Bertz CT molecular complexity index is 1100. The van der Waals surface area contributed by atoms with Gasteiger partial charge in [-0.15, -0.1) is 0 Å². The Hall–Kier alpha value is -3.92. The molecule has 40 heavy (non-hydrogen) atoms. The fourth-order valence-electron chi connectivity index (χ4n) is 3.59. The van der Waals surface area contributed by atoms with Gasteiger partial charge in [0.05, 0.1) is 25.7 Å². The van der Waals surface area contributed by atoms with Gasteiger partial charge < -0.3 is 29.4 Å². The lowest BCUT2D eigenvalue weighted by Gasteiger charge is -2.33. The van der Waals surface area contributed by atoms with Gasteiger partial charge in [0.2, 0.25) is 5.90 Å². The van der Waals surface area contributed by atoms with Gasteiger partial charge >= 0.3 is 12.1 Å². The number of carbonyl (C=O) groups is 3. The van der Waals surface area contributed by atoms with Crippen molar-refractivity contribution in [2.75, 3.05) is 13.2 Å². The molecule has 0 fully saturated rings. The van der Waals surface area contributed by atoms with E-state index >= 15 is 0 Å². The molecule has 0 aliphatic carbocycles. The van der Waals surface area contributed by atoms with Crippen LogP contribution in [-0.4, -0.2) is 60.4 Å². The summed E-state index contributed by atoms with van der Waals surface area (Å²) in [7, 11) is 0. The van der Waals surface area contributed by atoms with Gasteiger partial charge in [-0.05, 0) is 31.9 Å². The fourth-order valence-corrected chi connectivity index (χ4v) is 3.59. The second kappa shape index (κ2) is 15.6. The second-order valence-electron chi connectivity index (χ2n) is 10.9. The Labute approximate surface area is 235 Å². The monoisotopic (exact) mass is 556 g/mol. The zero-order chi connectivity index (χ0) is 29.6. The van der Waals surface area contributed by atoms with Crippen molar-refractivity contribution in [3.8, 4) is 0 Å². The van der Waals surface area contributed by atoms with Crippen molar-refractivity contribution in [1.82, 2.24) is 5.32 Å². The van der Waals surface area contributed by atoms with E-state index in [1.807, 2.05) is 74.5 Å². The number of hydrogen-bond donors (Lipinski definition) is 2. The van der Waals surface area contributed by atoms with E-state index < -0.39 is 41.6 Å². The minimum atomic E-state index is -1.15. The van der Waals surface area contributed by atoms with Gasteiger partial charge in [0.25, 0.3) is 6.47 Å². The quantitative estimate of drug-likeness (QED) is 0.182. The van der Waals surface area contributed by atoms with Gasteiger partial charge in [-0.2, -0.15) is 0 Å². The molecular formula is C30H40N2O8. The van der Waals surface area contributed by atoms with Crippen LogP contribution in [0.5, 0.6) is 0 Å². The van der Waals surface area contributed by atoms with Crippen LogP contribution in [-0.2, 0) is 41.8 Å². The molecule has 2 atom stereocenters. The third kappa shape index (κ3) is 12.3. The first kappa shape index (κ1) is 32.3. The number of aliphatic imine (C=N–C) groups is 1. The number of amides is 1. The minimum absolute atomic E-state index is 0.00618. The molecule has 2 rings (SSSR count). The largest absolute Gasteiger partial charge is 0.481 e. The molecule has 218 valence electrons. The molecule has 10 heteroatoms. The molecule has 0 bridgehead atoms. The molecule has 2 N–H and O–H groups in total. The van der Waals surface area contributed by atoms with Crippen LogP contribution in [0.1, 0.15) is 52.2 Å². The maximum Gasteiger partial charge on any atom is 0.408 e. The summed E-state index contributed by atoms with van der Waals surface area (Å²) in [5.41, 5.74) is 0.320. The lowest BCUT2D eigenvalue weighted by Crippen LogP contribution is -2.46. The topological polar surface area (TPSA) is 133 Å². The van der Waals surface area contributed by atoms with Crippen LogP contribution in [0.3, 0.4) is 0 Å². The lowest BCUT2D eigenvalue weighted by atomic mass is 9.86. The van der Waals surface area contributed by atoms with Gasteiger partial charge in [-0.25, -0.2) is 4.79 Å². The Morgan fingerprint density at radius 2 is 1.52 bits per heavy atom. The average molecular weight is 557 g/mol. The van der Waals surface area contributed by atoms with Gasteiger partial charge in [0.15, 0.2) is 0 Å². The number of carboxylic acids is 1. The third-order valence-corrected chi connectivity index (χ3v) is 5.72. The van der Waals surface area contributed by atoms with E-state index in [0.717, 1.165) is 11.1 Å². The molecule has 0 heterocycles. The van der Waals surface area contributed by atoms with Crippen LogP contribution >= 0.6 is 0 Å². The number of carbonyl (C=O) groups excluding carboxylic acids is 2. The predicted molar refractivity (Wildman–Crippen MR) is 150 cm³/mol. The number of rotatable bonds is 15. The predicted octanol–water partition coefficient (Wildman–Crippen LogP) is 4.75. The van der Waals surface area contributed by atoms with E-state index in [4.69, 9.17) is 18.9 Å². The fraction of sp³-hybridized carbons (Fsp3) is 0.467. The molecule has 0 aromatic heterocycles. The third-order valence-electron chi connectivity index (χ3n) is 5.72. The van der Waals surface area contributed by atoms with E-state index in [1.54, 1.807) is 20.8 Å². The van der Waals surface area contributed by atoms with Crippen molar-refractivity contribution >= 4 is 24.4 Å². The zero-order valence-corrected chi connectivity index (χ0v) is 23.8. The smallest absolute Gasteiger partial charge is 0.408 e. The molecule has 0 saturated heterocycles. The highest BCUT2D eigenvalue weighted by Crippen LogP contribution is 2.26. The van der Waals surface area contributed by atoms with Crippen molar-refractivity contribution in [1.29, 1.82) is 0 Å². The van der Waals surface area contributed by atoms with Crippen molar-refractivity contribution in [3.63, 3.8) is 0 Å². The van der Waals surface area contributed by atoms with Crippen LogP contribution < -0.4 is 5.32 Å². The number of benzene rings is 2. The normalized spacial score (nSPS) is 13.6. The highest BCUT2D eigenvalue weighted by atomic mass is 16.6. The number of nitrogens with zero attached hydrogens (tertiary/aromatic N) is 1. The standard InChI is InChI=1S/C30H40N2O8/c1-29(2,3)40-28(36)32-24(16-26(34)35)27(39-18-23-14-10-7-11-15-23)31-20-30(4,5)25(19-37-21-33)38-17-22-12-8-6-9-13-22/h6-15,21,24-25H,16-20H2,1-5H3,(H,32,36)(H,34,35)/t24-,25?/m1/s1. The first-order chi connectivity index (χ1) is 18.9. The lowest BCUT2D eigenvalue weighted by molar-refractivity contribution is -0.138. The number of carboxylic acid groups (broad SMARTS) is 1. The average Bonchev–Trinajstić information content (AvgIpc) is 2.88. The summed E-state index contributed by atoms with van der Waals surface area (Å²) < 4.78 is 22.5. The maximum atomic E-state index is 12.6. The molecule has 1 amide bonds. The van der Waals surface area contributed by atoms with Gasteiger partial charge in [-0.3, -0.25) is 14.6 Å². The molecule has 2 aromatic rings. The van der Waals surface area contributed by atoms with Crippen LogP contribution in [0.15, 0.2) is 65.7 Å². The second-order valence-corrected chi connectivity index (χ2v) is 10.9. The molecule has 0 saturated carbocycles. The van der Waals surface area contributed by atoms with E-state index in [1.165, 1.54) is 0 Å². The number of nitrogens with one attached hydrogen (secondary N) is 1. The SMILES string of the molecule is CC(C)(C)OC(=O)N[C@H](CC(=O)O)C(=NCC(C)(C)C(COC=O)OCc1ccccc1)OCc1ccccc1. The highest BCUT2D eigenvalue weighted by molar-refractivity contribution is 5.89. The summed E-state index contributed by atoms with van der Waals surface area (Å²) in [5, 5.41) is 12.2. The summed E-state index contributed by atoms with van der Waals surface area (Å²) in [6.45, 7) is 9.77. The van der Waals surface area contributed by atoms with Crippen molar-refractivity contribution in [2.24, 2.45) is 10.4 Å². The molecule has 0 radical (unpaired) electrons. The van der Waals surface area contributed by atoms with E-state index in [-0.39, 0.29) is 25.7 Å². The van der Waals surface area contributed by atoms with E-state index in [0.29, 0.717) is 13.1 Å². The summed E-state index contributed by atoms with van der Waals surface area (Å²) in [5.74, 6) is -1.12. The van der Waals surface area contributed by atoms with Gasteiger partial charge in [0, 0.05) is 5.41 Å². The maximum absolute atomic E-state index is 12.6. The summed E-state index contributed by atoms with van der Waals surface area (Å²) in [4.78, 5) is 39.9. The molecule has 0 aliphatic rings. The molecule has 0 aliphatic heterocycles. The summed E-state index contributed by atoms with van der Waals surface area (Å²) >= 11 is 0. The van der Waals surface area contributed by atoms with Crippen LogP contribution in [0.4, 0.5) is 4.79 Å². The first-order valence-corrected chi connectivity index (χ1v) is 13.0. The number of alkyl carbamates (subject to hydrolysis) is 1. The molecule has 10 nitrogen and oxygen atoms in total. The number of aliphatic carboxylic acids is 1. The van der Waals surface area contributed by atoms with E-state index in [9.17, 15) is 19.5 Å². The highest BCUT2D eigenvalue weighted by Gasteiger charge is 2.33. The zero-order valence-electron chi connectivity index (χ0n) is 23.8. The van der Waals surface area contributed by atoms with Crippen molar-refractivity contribution in [2.45, 2.75) is 72.0 Å². The van der Waals surface area contributed by atoms with Crippen LogP contribution in [0.25, 0.3) is 0 Å². The Kier molecular flexibility index (Phi) is 12.6. The number of hydrogen-bond acceptors (Lipinski definition) is 8. The summed E-state index contributed by atoms with van der Waals surface area (Å²) in [6, 6.07) is 17.8. The Morgan fingerprint density at radius 1 is 0.950 bits per heavy atom.